The highest BCUT2D eigenvalue weighted by molar-refractivity contribution is 6.33. The van der Waals surface area contributed by atoms with Crippen molar-refractivity contribution in [1.82, 2.24) is 19.9 Å². The Labute approximate surface area is 451 Å². The van der Waals surface area contributed by atoms with Gasteiger partial charge in [0.15, 0.2) is 0 Å². The zero-order chi connectivity index (χ0) is 56.2. The van der Waals surface area contributed by atoms with E-state index in [9.17, 15) is 53.9 Å². The second-order valence-electron chi connectivity index (χ2n) is 17.5. The molecule has 3 amide bonds. The Hall–Kier alpha value is -7.98. The van der Waals surface area contributed by atoms with Crippen molar-refractivity contribution in [1.29, 1.82) is 0 Å². The van der Waals surface area contributed by atoms with Gasteiger partial charge in [0.2, 0.25) is 0 Å². The number of aromatic nitrogens is 4. The lowest BCUT2D eigenvalue weighted by molar-refractivity contribution is -0.138. The van der Waals surface area contributed by atoms with Crippen molar-refractivity contribution in [2.75, 3.05) is 69.9 Å². The van der Waals surface area contributed by atoms with Crippen LogP contribution >= 0.6 is 23.2 Å². The number of aryl methyl sites for hydroxylation is 1. The fraction of sp³-hybridized carbons (Fsp3) is 0.241. The smallest absolute Gasteiger partial charge is 0.352 e. The molecule has 3 N–H and O–H groups in total. The highest BCUT2D eigenvalue weighted by Crippen LogP contribution is 2.37. The average Bonchev–Trinajstić information content (AvgIpc) is 3.42. The van der Waals surface area contributed by atoms with Gasteiger partial charge in [-0.05, 0) is 123 Å². The molecule has 0 unspecified atom stereocenters. The molecule has 0 bridgehead atoms. The van der Waals surface area contributed by atoms with E-state index in [-0.39, 0.29) is 42.8 Å². The van der Waals surface area contributed by atoms with E-state index in [1.165, 1.54) is 35.4 Å². The highest BCUT2D eigenvalue weighted by Gasteiger charge is 2.36. The number of carbonyl (C=O) groups is 3. The summed E-state index contributed by atoms with van der Waals surface area (Å²) >= 11 is 12.3. The van der Waals surface area contributed by atoms with E-state index in [4.69, 9.17) is 23.2 Å². The number of amides is 3. The zero-order valence-corrected chi connectivity index (χ0v) is 42.7. The number of anilines is 6. The molecule has 78 heavy (non-hydrogen) atoms. The standard InChI is InChI=1S/C19H15F6N3O.C18H15ClF3N3O.C17H17ClN4O/c20-18(21,22)13-3-5-14(6-4-13)27-17(29)12-7-10-28(11-8-12)16-15(19(23,24)25)2-1-9-26-16;19-15-2-1-9-23-16(15)25-10-7-12(8-11-25)17(26)24-14-5-3-13(4-6-14)18(20,21)22;1-12-4-5-15(20-11-12)21-17(23)13-6-9-22(10-7-13)16-14(18)3-2-8-19-16/h1-7,9H,8,10-11H2,(H,27,29);1-7,9H,8,10-11H2,(H,24,26);2-6,8,11H,7,9-10H2,1H3,(H,20,21,23). The number of hydrogen-bond acceptors (Lipinski definition) is 10. The van der Waals surface area contributed by atoms with Gasteiger partial charge >= 0.3 is 18.5 Å². The third-order valence-electron chi connectivity index (χ3n) is 12.1. The number of benzene rings is 2. The van der Waals surface area contributed by atoms with Crippen molar-refractivity contribution in [3.05, 3.63) is 189 Å². The quantitative estimate of drug-likeness (QED) is 0.119. The second kappa shape index (κ2) is 25.4. The summed E-state index contributed by atoms with van der Waals surface area (Å²) in [5.41, 5.74) is 0.798. The van der Waals surface area contributed by atoms with Gasteiger partial charge in [-0.2, -0.15) is 39.5 Å². The van der Waals surface area contributed by atoms with Crippen molar-refractivity contribution in [3.8, 4) is 0 Å². The minimum Gasteiger partial charge on any atom is -0.352 e. The number of halogens is 11. The minimum atomic E-state index is -4.55. The first-order valence-corrected chi connectivity index (χ1v) is 24.6. The van der Waals surface area contributed by atoms with E-state index in [0.717, 1.165) is 59.4 Å². The molecule has 7 heterocycles. The number of pyridine rings is 4. The van der Waals surface area contributed by atoms with E-state index in [2.05, 4.69) is 40.8 Å². The van der Waals surface area contributed by atoms with Gasteiger partial charge in [-0.3, -0.25) is 14.4 Å². The Balaban J connectivity index is 0.000000171. The molecule has 3 aliphatic rings. The molecular formula is C54H47Cl2F9N10O3. The predicted molar refractivity (Wildman–Crippen MR) is 280 cm³/mol. The summed E-state index contributed by atoms with van der Waals surface area (Å²) in [5.74, 6) is 0.832. The molecule has 6 aromatic rings. The summed E-state index contributed by atoms with van der Waals surface area (Å²) in [6.45, 7) is 4.52. The lowest BCUT2D eigenvalue weighted by Crippen LogP contribution is -2.33. The van der Waals surface area contributed by atoms with Gasteiger partial charge in [-0.25, -0.2) is 19.9 Å². The molecule has 9 rings (SSSR count). The summed E-state index contributed by atoms with van der Waals surface area (Å²) in [6, 6.07) is 21.3. The monoisotopic (exact) mass is 1120 g/mol. The van der Waals surface area contributed by atoms with E-state index < -0.39 is 41.1 Å². The predicted octanol–water partition coefficient (Wildman–Crippen LogP) is 12.6. The first-order chi connectivity index (χ1) is 37.0. The maximum atomic E-state index is 13.1. The molecule has 408 valence electrons. The number of nitrogens with one attached hydrogen (secondary N) is 3. The summed E-state index contributed by atoms with van der Waals surface area (Å²) in [4.78, 5) is 58.9. The molecule has 3 aliphatic heterocycles. The molecular weight excluding hydrogens is 1080 g/mol. The SMILES string of the molecule is Cc1ccc(NC(=O)C2=CCN(c3ncccc3Cl)CC2)nc1.O=C(Nc1ccc(C(F)(F)F)cc1)C1=CCN(c2ncccc2C(F)(F)F)CC1.O=C(Nc1ccc(C(F)(F)F)cc1)C1=CCN(c2ncccc2Cl)CC1. The maximum Gasteiger partial charge on any atom is 0.419 e. The van der Waals surface area contributed by atoms with Crippen molar-refractivity contribution in [2.45, 2.75) is 44.7 Å². The maximum absolute atomic E-state index is 13.1. The van der Waals surface area contributed by atoms with Gasteiger partial charge in [0.1, 0.15) is 23.3 Å². The molecule has 0 radical (unpaired) electrons. The fourth-order valence-corrected chi connectivity index (χ4v) is 8.42. The Bertz CT molecular complexity index is 3170. The van der Waals surface area contributed by atoms with Crippen LogP contribution in [0.1, 0.15) is 41.5 Å². The first kappa shape index (κ1) is 57.7. The molecule has 4 aromatic heterocycles. The number of rotatable bonds is 9. The molecule has 2 aromatic carbocycles. The van der Waals surface area contributed by atoms with Crippen molar-refractivity contribution >= 4 is 75.6 Å². The van der Waals surface area contributed by atoms with Gasteiger partial charge in [0.05, 0.1) is 26.7 Å². The number of alkyl halides is 9. The zero-order valence-electron chi connectivity index (χ0n) is 41.2. The molecule has 0 saturated heterocycles. The second-order valence-corrected chi connectivity index (χ2v) is 18.3. The molecule has 13 nitrogen and oxygen atoms in total. The van der Waals surface area contributed by atoms with Crippen LogP contribution in [-0.4, -0.2) is 76.9 Å². The summed E-state index contributed by atoms with van der Waals surface area (Å²) in [6.07, 6.45) is -0.588. The van der Waals surface area contributed by atoms with Crippen LogP contribution in [0.3, 0.4) is 0 Å². The topological polar surface area (TPSA) is 149 Å². The third kappa shape index (κ3) is 15.8. The molecule has 0 spiro atoms. The van der Waals surface area contributed by atoms with E-state index in [0.29, 0.717) is 77.5 Å². The lowest BCUT2D eigenvalue weighted by atomic mass is 10.1. The van der Waals surface area contributed by atoms with Gasteiger partial charge in [-0.15, -0.1) is 0 Å². The summed E-state index contributed by atoms with van der Waals surface area (Å²) in [7, 11) is 0. The molecule has 0 aliphatic carbocycles. The molecule has 0 atom stereocenters. The van der Waals surface area contributed by atoms with Crippen molar-refractivity contribution < 1.29 is 53.9 Å². The summed E-state index contributed by atoms with van der Waals surface area (Å²) in [5, 5.41) is 9.10. The number of carbonyl (C=O) groups excluding carboxylic acids is 3. The molecule has 0 saturated carbocycles. The Kier molecular flexibility index (Phi) is 18.8. The molecule has 24 heteroatoms. The Morgan fingerprint density at radius 1 is 0.474 bits per heavy atom. The first-order valence-electron chi connectivity index (χ1n) is 23.8. The molecule has 0 fully saturated rings. The highest BCUT2D eigenvalue weighted by atomic mass is 35.5. The minimum absolute atomic E-state index is 0.0514. The van der Waals surface area contributed by atoms with Crippen LogP contribution in [0.5, 0.6) is 0 Å². The average molecular weight is 1130 g/mol. The van der Waals surface area contributed by atoms with E-state index in [1.807, 2.05) is 30.0 Å². The van der Waals surface area contributed by atoms with Gasteiger partial charge in [0.25, 0.3) is 17.7 Å². The fourth-order valence-electron chi connectivity index (χ4n) is 7.94. The van der Waals surface area contributed by atoms with Crippen LogP contribution in [0.25, 0.3) is 0 Å². The number of hydrogen-bond donors (Lipinski definition) is 3. The lowest BCUT2D eigenvalue weighted by Gasteiger charge is -2.29. The van der Waals surface area contributed by atoms with Crippen LogP contribution in [0.15, 0.2) is 157 Å². The van der Waals surface area contributed by atoms with Crippen LogP contribution in [-0.2, 0) is 32.9 Å². The van der Waals surface area contributed by atoms with Crippen LogP contribution < -0.4 is 30.7 Å². The largest absolute Gasteiger partial charge is 0.419 e. The normalized spacial score (nSPS) is 14.8. The van der Waals surface area contributed by atoms with Gasteiger partial charge in [-0.1, -0.05) is 47.5 Å². The van der Waals surface area contributed by atoms with Gasteiger partial charge < -0.3 is 30.7 Å². The van der Waals surface area contributed by atoms with Gasteiger partial charge in [0, 0.05) is 92.1 Å². The van der Waals surface area contributed by atoms with Crippen LogP contribution in [0.2, 0.25) is 10.0 Å². The number of nitrogens with zero attached hydrogens (tertiary/aromatic N) is 7. The van der Waals surface area contributed by atoms with Crippen molar-refractivity contribution in [2.24, 2.45) is 0 Å². The van der Waals surface area contributed by atoms with Crippen LogP contribution in [0.4, 0.5) is 74.2 Å². The van der Waals surface area contributed by atoms with Crippen molar-refractivity contribution in [3.63, 3.8) is 0 Å². The van der Waals surface area contributed by atoms with E-state index in [1.54, 1.807) is 48.9 Å². The Morgan fingerprint density at radius 2 is 0.859 bits per heavy atom. The summed E-state index contributed by atoms with van der Waals surface area (Å²) < 4.78 is 115. The Morgan fingerprint density at radius 3 is 1.21 bits per heavy atom. The third-order valence-corrected chi connectivity index (χ3v) is 12.7. The van der Waals surface area contributed by atoms with Crippen LogP contribution in [0, 0.1) is 6.92 Å². The van der Waals surface area contributed by atoms with E-state index >= 15 is 0 Å².